The number of anilines is 2. The minimum absolute atomic E-state index is 0.00773. The molecule has 1 aromatic carbocycles. The molecule has 0 aliphatic carbocycles. The average Bonchev–Trinajstić information content (AvgIpc) is 2.42. The molecule has 0 aromatic heterocycles. The molecule has 1 aliphatic rings. The lowest BCUT2D eigenvalue weighted by Crippen LogP contribution is -2.49. The second-order valence-corrected chi connectivity index (χ2v) is 4.82. The number of likely N-dealkylation sites (N-methyl/N-ethyl adjacent to an activating group) is 1. The molecule has 2 amide bonds. The Morgan fingerprint density at radius 1 is 1.50 bits per heavy atom. The molecule has 0 bridgehead atoms. The normalized spacial score (nSPS) is 17.4. The number of carbonyl (C=O) groups excluding carboxylic acids is 2. The van der Waals surface area contributed by atoms with Gasteiger partial charge in [0.05, 0.1) is 5.69 Å². The highest BCUT2D eigenvalue weighted by atomic mass is 16.5. The zero-order chi connectivity index (χ0) is 14.9. The molecule has 1 aliphatic heterocycles. The maximum Gasteiger partial charge on any atom is 0.268 e. The van der Waals surface area contributed by atoms with E-state index in [1.807, 2.05) is 6.92 Å². The third kappa shape index (κ3) is 2.54. The predicted molar refractivity (Wildman–Crippen MR) is 76.6 cm³/mol. The Morgan fingerprint density at radius 3 is 2.85 bits per heavy atom. The van der Waals surface area contributed by atoms with E-state index < -0.39 is 6.10 Å². The number of rotatable bonds is 3. The number of nitrogen functional groups attached to an aromatic ring is 1. The number of fused-ring (bicyclic) bond motifs is 1. The Kier molecular flexibility index (Phi) is 3.83. The number of hydrogen-bond donors (Lipinski definition) is 1. The largest absolute Gasteiger partial charge is 0.479 e. The summed E-state index contributed by atoms with van der Waals surface area (Å²) in [5, 5.41) is 0. The second kappa shape index (κ2) is 5.40. The average molecular weight is 277 g/mol. The Balaban J connectivity index is 2.32. The number of nitrogens with two attached hydrogens (primary N) is 1. The van der Waals surface area contributed by atoms with Gasteiger partial charge in [-0.25, -0.2) is 0 Å². The summed E-state index contributed by atoms with van der Waals surface area (Å²) < 4.78 is 5.53. The van der Waals surface area contributed by atoms with Crippen molar-refractivity contribution < 1.29 is 14.3 Å². The van der Waals surface area contributed by atoms with Crippen molar-refractivity contribution >= 4 is 23.2 Å². The molecule has 1 atom stereocenters. The molecule has 20 heavy (non-hydrogen) atoms. The highest BCUT2D eigenvalue weighted by Crippen LogP contribution is 2.35. The Morgan fingerprint density at radius 2 is 2.20 bits per heavy atom. The van der Waals surface area contributed by atoms with Crippen molar-refractivity contribution in [1.29, 1.82) is 0 Å². The molecule has 0 saturated heterocycles. The Hall–Kier alpha value is -2.24. The fourth-order valence-corrected chi connectivity index (χ4v) is 2.02. The van der Waals surface area contributed by atoms with Crippen molar-refractivity contribution in [1.82, 2.24) is 4.90 Å². The van der Waals surface area contributed by atoms with Crippen molar-refractivity contribution in [2.24, 2.45) is 0 Å². The summed E-state index contributed by atoms with van der Waals surface area (Å²) in [6.07, 6.45) is -0.621. The fraction of sp³-hybridized carbons (Fsp3) is 0.429. The summed E-state index contributed by atoms with van der Waals surface area (Å²) in [6, 6.07) is 5.05. The van der Waals surface area contributed by atoms with Crippen LogP contribution in [0.1, 0.15) is 13.8 Å². The van der Waals surface area contributed by atoms with E-state index in [1.54, 1.807) is 37.1 Å². The summed E-state index contributed by atoms with van der Waals surface area (Å²) in [5.41, 5.74) is 6.86. The van der Waals surface area contributed by atoms with Gasteiger partial charge in [-0.15, -0.1) is 0 Å². The standard InChI is InChI=1S/C14H19N3O3/c1-4-16(3)13(18)8-17-11-6-5-10(15)7-12(11)20-9(2)14(17)19/h5-7,9H,4,8,15H2,1-3H3. The lowest BCUT2D eigenvalue weighted by molar-refractivity contribution is -0.132. The molecule has 1 heterocycles. The molecule has 6 nitrogen and oxygen atoms in total. The van der Waals surface area contributed by atoms with Crippen LogP contribution in [-0.2, 0) is 9.59 Å². The van der Waals surface area contributed by atoms with Crippen molar-refractivity contribution in [3.63, 3.8) is 0 Å². The maximum absolute atomic E-state index is 12.2. The van der Waals surface area contributed by atoms with E-state index >= 15 is 0 Å². The van der Waals surface area contributed by atoms with Gasteiger partial charge in [0.25, 0.3) is 5.91 Å². The van der Waals surface area contributed by atoms with E-state index in [2.05, 4.69) is 0 Å². The van der Waals surface area contributed by atoms with Crippen molar-refractivity contribution in [2.75, 3.05) is 30.8 Å². The first kappa shape index (κ1) is 14.2. The smallest absolute Gasteiger partial charge is 0.268 e. The predicted octanol–water partition coefficient (Wildman–Crippen LogP) is 0.861. The maximum atomic E-state index is 12.2. The first-order valence-electron chi connectivity index (χ1n) is 6.55. The molecule has 1 aromatic rings. The summed E-state index contributed by atoms with van der Waals surface area (Å²) >= 11 is 0. The van der Waals surface area contributed by atoms with Crippen LogP contribution in [-0.4, -0.2) is 43.0 Å². The van der Waals surface area contributed by atoms with Gasteiger partial charge in [-0.2, -0.15) is 0 Å². The first-order chi connectivity index (χ1) is 9.43. The van der Waals surface area contributed by atoms with Crippen LogP contribution in [0.5, 0.6) is 5.75 Å². The summed E-state index contributed by atoms with van der Waals surface area (Å²) in [7, 11) is 1.71. The van der Waals surface area contributed by atoms with Gasteiger partial charge >= 0.3 is 0 Å². The molecule has 6 heteroatoms. The molecule has 2 rings (SSSR count). The topological polar surface area (TPSA) is 75.9 Å². The monoisotopic (exact) mass is 277 g/mol. The molecule has 2 N–H and O–H groups in total. The van der Waals surface area contributed by atoms with Crippen LogP contribution < -0.4 is 15.4 Å². The SMILES string of the molecule is CCN(C)C(=O)CN1C(=O)C(C)Oc2cc(N)ccc21. The van der Waals surface area contributed by atoms with Crippen molar-refractivity contribution in [3.05, 3.63) is 18.2 Å². The lowest BCUT2D eigenvalue weighted by atomic mass is 10.1. The number of benzene rings is 1. The molecule has 1 unspecified atom stereocenters. The van der Waals surface area contributed by atoms with Gasteiger partial charge in [-0.3, -0.25) is 14.5 Å². The van der Waals surface area contributed by atoms with Crippen LogP contribution in [0.3, 0.4) is 0 Å². The number of amides is 2. The van der Waals surface area contributed by atoms with Crippen LogP contribution in [0.4, 0.5) is 11.4 Å². The summed E-state index contributed by atoms with van der Waals surface area (Å²) in [5.74, 6) is 0.196. The van der Waals surface area contributed by atoms with Gasteiger partial charge in [0, 0.05) is 25.3 Å². The quantitative estimate of drug-likeness (QED) is 0.831. The molecule has 0 fully saturated rings. The van der Waals surface area contributed by atoms with Gasteiger partial charge in [0.1, 0.15) is 12.3 Å². The van der Waals surface area contributed by atoms with Gasteiger partial charge in [-0.05, 0) is 26.0 Å². The van der Waals surface area contributed by atoms with Crippen LogP contribution in [0.15, 0.2) is 18.2 Å². The van der Waals surface area contributed by atoms with Gasteiger partial charge in [0.15, 0.2) is 6.10 Å². The molecule has 0 saturated carbocycles. The van der Waals surface area contributed by atoms with Gasteiger partial charge in [0.2, 0.25) is 5.91 Å². The third-order valence-electron chi connectivity index (χ3n) is 3.39. The third-order valence-corrected chi connectivity index (χ3v) is 3.39. The molecule has 0 spiro atoms. The van der Waals surface area contributed by atoms with E-state index in [4.69, 9.17) is 10.5 Å². The van der Waals surface area contributed by atoms with E-state index in [0.29, 0.717) is 23.7 Å². The summed E-state index contributed by atoms with van der Waals surface area (Å²) in [4.78, 5) is 27.3. The minimum Gasteiger partial charge on any atom is -0.479 e. The van der Waals surface area contributed by atoms with Crippen molar-refractivity contribution in [3.8, 4) is 5.75 Å². The van der Waals surface area contributed by atoms with Crippen LogP contribution in [0.2, 0.25) is 0 Å². The van der Waals surface area contributed by atoms with E-state index in [0.717, 1.165) is 0 Å². The van der Waals surface area contributed by atoms with E-state index in [-0.39, 0.29) is 18.4 Å². The van der Waals surface area contributed by atoms with E-state index in [1.165, 1.54) is 4.90 Å². The van der Waals surface area contributed by atoms with Crippen LogP contribution in [0, 0.1) is 0 Å². The summed E-state index contributed by atoms with van der Waals surface area (Å²) in [6.45, 7) is 4.15. The first-order valence-corrected chi connectivity index (χ1v) is 6.55. The molecular formula is C14H19N3O3. The zero-order valence-corrected chi connectivity index (χ0v) is 11.9. The Labute approximate surface area is 118 Å². The number of ether oxygens (including phenoxy) is 1. The van der Waals surface area contributed by atoms with Gasteiger partial charge < -0.3 is 15.4 Å². The molecular weight excluding hydrogens is 258 g/mol. The lowest BCUT2D eigenvalue weighted by Gasteiger charge is -2.33. The number of hydrogen-bond acceptors (Lipinski definition) is 4. The number of carbonyl (C=O) groups is 2. The second-order valence-electron chi connectivity index (χ2n) is 4.82. The fourth-order valence-electron chi connectivity index (χ4n) is 2.02. The number of nitrogens with zero attached hydrogens (tertiary/aromatic N) is 2. The van der Waals surface area contributed by atoms with Gasteiger partial charge in [-0.1, -0.05) is 0 Å². The molecule has 0 radical (unpaired) electrons. The zero-order valence-electron chi connectivity index (χ0n) is 11.9. The van der Waals surface area contributed by atoms with E-state index in [9.17, 15) is 9.59 Å². The van der Waals surface area contributed by atoms with Crippen molar-refractivity contribution in [2.45, 2.75) is 20.0 Å². The highest BCUT2D eigenvalue weighted by Gasteiger charge is 2.33. The van der Waals surface area contributed by atoms with Crippen LogP contribution in [0.25, 0.3) is 0 Å². The van der Waals surface area contributed by atoms with Crippen LogP contribution >= 0.6 is 0 Å². The minimum atomic E-state index is -0.621. The molecule has 108 valence electrons. The highest BCUT2D eigenvalue weighted by molar-refractivity contribution is 6.03. The Bertz CT molecular complexity index is 544.